The van der Waals surface area contributed by atoms with E-state index in [9.17, 15) is 9.59 Å². The molecule has 0 atom stereocenters. The lowest BCUT2D eigenvalue weighted by Gasteiger charge is -2.15. The van der Waals surface area contributed by atoms with E-state index < -0.39 is 0 Å². The molecule has 0 aliphatic carbocycles. The maximum Gasteiger partial charge on any atom is 0.338 e. The van der Waals surface area contributed by atoms with Gasteiger partial charge < -0.3 is 9.53 Å². The summed E-state index contributed by atoms with van der Waals surface area (Å²) in [5.41, 5.74) is 2.57. The molecule has 0 saturated carbocycles. The van der Waals surface area contributed by atoms with Gasteiger partial charge in [-0.3, -0.25) is 0 Å². The van der Waals surface area contributed by atoms with Gasteiger partial charge in [-0.25, -0.2) is 4.79 Å². The standard InChI is InChI=1S/C11H10O3/c12-5-3-8-1-2-10-9(7-8)4-6-14-11(10)13/h1-2,5,7H,3-4,6H2. The molecule has 1 aromatic carbocycles. The number of rotatable bonds is 2. The van der Waals surface area contributed by atoms with Crippen LogP contribution in [0.25, 0.3) is 0 Å². The molecule has 0 unspecified atom stereocenters. The molecule has 0 spiro atoms. The fourth-order valence-electron chi connectivity index (χ4n) is 1.61. The number of carbonyl (C=O) groups is 2. The first-order valence-electron chi connectivity index (χ1n) is 4.54. The van der Waals surface area contributed by atoms with E-state index >= 15 is 0 Å². The Bertz CT molecular complexity index is 382. The molecule has 0 aromatic heterocycles. The molecule has 0 bridgehead atoms. The van der Waals surface area contributed by atoms with Crippen molar-refractivity contribution < 1.29 is 14.3 Å². The Morgan fingerprint density at radius 3 is 3.07 bits per heavy atom. The Balaban J connectivity index is 2.38. The quantitative estimate of drug-likeness (QED) is 0.519. The van der Waals surface area contributed by atoms with Crippen molar-refractivity contribution in [2.24, 2.45) is 0 Å². The van der Waals surface area contributed by atoms with Crippen LogP contribution in [-0.2, 0) is 22.4 Å². The summed E-state index contributed by atoms with van der Waals surface area (Å²) >= 11 is 0. The Morgan fingerprint density at radius 2 is 2.29 bits per heavy atom. The average molecular weight is 190 g/mol. The number of esters is 1. The van der Waals surface area contributed by atoms with Crippen LogP contribution in [0.2, 0.25) is 0 Å². The molecular formula is C11H10O3. The van der Waals surface area contributed by atoms with Gasteiger partial charge in [0.2, 0.25) is 0 Å². The van der Waals surface area contributed by atoms with Gasteiger partial charge >= 0.3 is 5.97 Å². The fourth-order valence-corrected chi connectivity index (χ4v) is 1.61. The summed E-state index contributed by atoms with van der Waals surface area (Å²) in [6, 6.07) is 5.43. The highest BCUT2D eigenvalue weighted by molar-refractivity contribution is 5.92. The zero-order chi connectivity index (χ0) is 9.97. The van der Waals surface area contributed by atoms with E-state index in [1.807, 2.05) is 6.07 Å². The van der Waals surface area contributed by atoms with E-state index in [1.165, 1.54) is 0 Å². The van der Waals surface area contributed by atoms with Crippen LogP contribution in [0.3, 0.4) is 0 Å². The van der Waals surface area contributed by atoms with Crippen molar-refractivity contribution in [3.8, 4) is 0 Å². The lowest BCUT2D eigenvalue weighted by Crippen LogP contribution is -2.17. The van der Waals surface area contributed by atoms with Crippen LogP contribution in [0.15, 0.2) is 18.2 Å². The number of hydrogen-bond donors (Lipinski definition) is 0. The molecule has 14 heavy (non-hydrogen) atoms. The van der Waals surface area contributed by atoms with Crippen molar-refractivity contribution in [1.82, 2.24) is 0 Å². The van der Waals surface area contributed by atoms with Gasteiger partial charge in [0, 0.05) is 12.8 Å². The van der Waals surface area contributed by atoms with E-state index in [4.69, 9.17) is 4.74 Å². The molecule has 3 nitrogen and oxygen atoms in total. The molecule has 0 radical (unpaired) electrons. The molecule has 0 N–H and O–H groups in total. The third-order valence-corrected chi connectivity index (χ3v) is 2.31. The number of benzene rings is 1. The Hall–Kier alpha value is -1.64. The molecule has 1 aliphatic rings. The first-order valence-corrected chi connectivity index (χ1v) is 4.54. The van der Waals surface area contributed by atoms with Gasteiger partial charge in [0.1, 0.15) is 6.29 Å². The third kappa shape index (κ3) is 1.53. The summed E-state index contributed by atoms with van der Waals surface area (Å²) in [4.78, 5) is 21.6. The van der Waals surface area contributed by atoms with Crippen LogP contribution in [-0.4, -0.2) is 18.9 Å². The predicted octanol–water partition coefficient (Wildman–Crippen LogP) is 1.14. The van der Waals surface area contributed by atoms with Crippen LogP contribution in [0.5, 0.6) is 0 Å². The molecule has 1 aliphatic heterocycles. The maximum absolute atomic E-state index is 11.3. The van der Waals surface area contributed by atoms with Gasteiger partial charge in [-0.1, -0.05) is 12.1 Å². The number of carbonyl (C=O) groups excluding carboxylic acids is 2. The molecule has 1 heterocycles. The minimum Gasteiger partial charge on any atom is -0.462 e. The van der Waals surface area contributed by atoms with Gasteiger partial charge in [0.15, 0.2) is 0 Å². The number of aldehydes is 1. The van der Waals surface area contributed by atoms with Crippen molar-refractivity contribution in [3.05, 3.63) is 34.9 Å². The lowest BCUT2D eigenvalue weighted by atomic mass is 9.99. The van der Waals surface area contributed by atoms with Gasteiger partial charge in [-0.15, -0.1) is 0 Å². The van der Waals surface area contributed by atoms with Gasteiger partial charge in [-0.05, 0) is 17.2 Å². The largest absolute Gasteiger partial charge is 0.462 e. The molecule has 0 amide bonds. The first kappa shape index (κ1) is 8.94. The molecule has 0 saturated heterocycles. The molecule has 72 valence electrons. The summed E-state index contributed by atoms with van der Waals surface area (Å²) in [7, 11) is 0. The van der Waals surface area contributed by atoms with Crippen molar-refractivity contribution in [3.63, 3.8) is 0 Å². The van der Waals surface area contributed by atoms with Crippen molar-refractivity contribution in [1.29, 1.82) is 0 Å². The van der Waals surface area contributed by atoms with Gasteiger partial charge in [0.25, 0.3) is 0 Å². The molecule has 2 rings (SSSR count). The van der Waals surface area contributed by atoms with Crippen molar-refractivity contribution in [2.75, 3.05) is 6.61 Å². The molecule has 0 fully saturated rings. The summed E-state index contributed by atoms with van der Waals surface area (Å²) < 4.78 is 4.90. The number of cyclic esters (lactones) is 1. The van der Waals surface area contributed by atoms with Crippen molar-refractivity contribution >= 4 is 12.3 Å². The van der Waals surface area contributed by atoms with Gasteiger partial charge in [0.05, 0.1) is 12.2 Å². The van der Waals surface area contributed by atoms with E-state index in [0.717, 1.165) is 23.8 Å². The van der Waals surface area contributed by atoms with Crippen LogP contribution in [0.1, 0.15) is 21.5 Å². The molecule has 1 aromatic rings. The Kier molecular flexibility index (Phi) is 2.31. The number of fused-ring (bicyclic) bond motifs is 1. The minimum absolute atomic E-state index is 0.260. The van der Waals surface area contributed by atoms with Crippen LogP contribution >= 0.6 is 0 Å². The summed E-state index contributed by atoms with van der Waals surface area (Å²) in [6.07, 6.45) is 2.01. The predicted molar refractivity (Wildman–Crippen MR) is 50.2 cm³/mol. The fraction of sp³-hybridized carbons (Fsp3) is 0.273. The lowest BCUT2D eigenvalue weighted by molar-refractivity contribution is -0.107. The van der Waals surface area contributed by atoms with Crippen LogP contribution in [0, 0.1) is 0 Å². The maximum atomic E-state index is 11.3. The first-order chi connectivity index (χ1) is 6.81. The second-order valence-corrected chi connectivity index (χ2v) is 3.25. The molecular weight excluding hydrogens is 180 g/mol. The summed E-state index contributed by atoms with van der Waals surface area (Å²) in [5, 5.41) is 0. The second kappa shape index (κ2) is 3.62. The van der Waals surface area contributed by atoms with Crippen LogP contribution in [0.4, 0.5) is 0 Å². The normalized spacial score (nSPS) is 14.4. The van der Waals surface area contributed by atoms with Crippen LogP contribution < -0.4 is 0 Å². The second-order valence-electron chi connectivity index (χ2n) is 3.25. The minimum atomic E-state index is -0.260. The highest BCUT2D eigenvalue weighted by Crippen LogP contribution is 2.18. The highest BCUT2D eigenvalue weighted by atomic mass is 16.5. The topological polar surface area (TPSA) is 43.4 Å². The van der Waals surface area contributed by atoms with E-state index in [2.05, 4.69) is 0 Å². The smallest absolute Gasteiger partial charge is 0.338 e. The summed E-state index contributed by atoms with van der Waals surface area (Å²) in [6.45, 7) is 0.441. The zero-order valence-corrected chi connectivity index (χ0v) is 7.66. The van der Waals surface area contributed by atoms with Gasteiger partial charge in [-0.2, -0.15) is 0 Å². The van der Waals surface area contributed by atoms with E-state index in [-0.39, 0.29) is 5.97 Å². The number of ether oxygens (including phenoxy) is 1. The Labute approximate surface area is 81.7 Å². The number of hydrogen-bond acceptors (Lipinski definition) is 3. The summed E-state index contributed by atoms with van der Waals surface area (Å²) in [5.74, 6) is -0.260. The Morgan fingerprint density at radius 1 is 1.43 bits per heavy atom. The van der Waals surface area contributed by atoms with E-state index in [0.29, 0.717) is 18.6 Å². The highest BCUT2D eigenvalue weighted by Gasteiger charge is 2.17. The monoisotopic (exact) mass is 190 g/mol. The molecule has 3 heteroatoms. The third-order valence-electron chi connectivity index (χ3n) is 2.31. The van der Waals surface area contributed by atoms with Crippen molar-refractivity contribution in [2.45, 2.75) is 12.8 Å². The zero-order valence-electron chi connectivity index (χ0n) is 7.66. The van der Waals surface area contributed by atoms with E-state index in [1.54, 1.807) is 12.1 Å². The average Bonchev–Trinajstić information content (AvgIpc) is 2.18. The SMILES string of the molecule is O=CCc1ccc2c(c1)CCOC2=O.